The van der Waals surface area contributed by atoms with Crippen LogP contribution in [0.25, 0.3) is 10.9 Å². The zero-order valence-electron chi connectivity index (χ0n) is 17.8. The van der Waals surface area contributed by atoms with Gasteiger partial charge in [-0.1, -0.05) is 13.8 Å². The molecule has 3 rings (SSSR count). The molecule has 2 heterocycles. The van der Waals surface area contributed by atoms with E-state index in [2.05, 4.69) is 0 Å². The summed E-state index contributed by atoms with van der Waals surface area (Å²) in [5.74, 6) is 0.865. The van der Waals surface area contributed by atoms with E-state index >= 15 is 0 Å². The van der Waals surface area contributed by atoms with Gasteiger partial charge in [-0.25, -0.2) is 9.59 Å². The average molecular weight is 402 g/mol. The number of carbonyl (C=O) groups is 2. The summed E-state index contributed by atoms with van der Waals surface area (Å²) in [7, 11) is 0. The third kappa shape index (κ3) is 4.83. The number of carbonyl (C=O) groups excluding carboxylic acids is 1. The van der Waals surface area contributed by atoms with E-state index in [-0.39, 0.29) is 18.1 Å². The van der Waals surface area contributed by atoms with Gasteiger partial charge < -0.3 is 19.5 Å². The monoisotopic (exact) mass is 402 g/mol. The SMILES string of the molecule is CC(C)c1cn(C(=O)O)c2ccc(O[C@H]3CCCN(C(=O)OC(C)(C)C)C3)cc12. The standard InChI is InChI=1S/C22H30N2O5/c1-14(2)18-13-24(20(25)26)19-9-8-15(11-17(18)19)28-16-7-6-10-23(12-16)21(27)29-22(3,4)5/h8-9,11,13-14,16H,6-7,10,12H2,1-5H3,(H,25,26)/t16-/m0/s1. The predicted molar refractivity (Wildman–Crippen MR) is 111 cm³/mol. The van der Waals surface area contributed by atoms with Gasteiger partial charge in [0.05, 0.1) is 12.1 Å². The Balaban J connectivity index is 1.78. The van der Waals surface area contributed by atoms with Gasteiger partial charge in [-0.05, 0) is 63.3 Å². The fraction of sp³-hybridized carbons (Fsp3) is 0.545. The first-order chi connectivity index (χ1) is 13.5. The maximum absolute atomic E-state index is 12.4. The molecule has 1 fully saturated rings. The number of amides is 1. The largest absolute Gasteiger partial charge is 0.489 e. The second kappa shape index (κ2) is 7.97. The number of hydrogen-bond acceptors (Lipinski definition) is 4. The average Bonchev–Trinajstić information content (AvgIpc) is 3.00. The van der Waals surface area contributed by atoms with Gasteiger partial charge in [0, 0.05) is 18.1 Å². The minimum Gasteiger partial charge on any atom is -0.489 e. The maximum Gasteiger partial charge on any atom is 0.416 e. The van der Waals surface area contributed by atoms with E-state index in [1.54, 1.807) is 23.2 Å². The number of benzene rings is 1. The zero-order chi connectivity index (χ0) is 21.3. The summed E-state index contributed by atoms with van der Waals surface area (Å²) in [5, 5.41) is 10.3. The Hall–Kier alpha value is -2.70. The molecular weight excluding hydrogens is 372 g/mol. The molecule has 1 aliphatic heterocycles. The van der Waals surface area contributed by atoms with Crippen molar-refractivity contribution in [3.05, 3.63) is 30.0 Å². The highest BCUT2D eigenvalue weighted by Gasteiger charge is 2.28. The molecule has 1 aromatic heterocycles. The van der Waals surface area contributed by atoms with Gasteiger partial charge in [0.25, 0.3) is 0 Å². The van der Waals surface area contributed by atoms with E-state index in [9.17, 15) is 14.7 Å². The van der Waals surface area contributed by atoms with E-state index < -0.39 is 11.7 Å². The van der Waals surface area contributed by atoms with Crippen LogP contribution in [0, 0.1) is 0 Å². The lowest BCUT2D eigenvalue weighted by atomic mass is 10.0. The molecule has 7 heteroatoms. The number of carboxylic acid groups (broad SMARTS) is 1. The normalized spacial score (nSPS) is 17.6. The van der Waals surface area contributed by atoms with Crippen LogP contribution in [0.2, 0.25) is 0 Å². The molecule has 1 N–H and O–H groups in total. The van der Waals surface area contributed by atoms with Crippen LogP contribution >= 0.6 is 0 Å². The second-order valence-electron chi connectivity index (χ2n) is 8.88. The minimum absolute atomic E-state index is 0.127. The Kier molecular flexibility index (Phi) is 5.78. The van der Waals surface area contributed by atoms with Crippen molar-refractivity contribution >= 4 is 23.1 Å². The maximum atomic E-state index is 12.4. The van der Waals surface area contributed by atoms with E-state index in [4.69, 9.17) is 9.47 Å². The smallest absolute Gasteiger partial charge is 0.416 e. The number of hydrogen-bond donors (Lipinski definition) is 1. The van der Waals surface area contributed by atoms with Crippen LogP contribution in [0.3, 0.4) is 0 Å². The molecule has 0 radical (unpaired) electrons. The number of fused-ring (bicyclic) bond motifs is 1. The first-order valence-corrected chi connectivity index (χ1v) is 10.1. The van der Waals surface area contributed by atoms with Crippen molar-refractivity contribution < 1.29 is 24.2 Å². The molecule has 1 aromatic carbocycles. The summed E-state index contributed by atoms with van der Waals surface area (Å²) in [6.45, 7) is 10.8. The molecule has 0 aliphatic carbocycles. The third-order valence-corrected chi connectivity index (χ3v) is 4.97. The van der Waals surface area contributed by atoms with Crippen LogP contribution in [0.1, 0.15) is 58.9 Å². The number of rotatable bonds is 3. The van der Waals surface area contributed by atoms with Gasteiger partial charge >= 0.3 is 12.2 Å². The summed E-state index contributed by atoms with van der Waals surface area (Å²) in [5.41, 5.74) is 1.08. The van der Waals surface area contributed by atoms with Crippen molar-refractivity contribution in [3.63, 3.8) is 0 Å². The number of piperidine rings is 1. The van der Waals surface area contributed by atoms with Crippen LogP contribution in [0.4, 0.5) is 9.59 Å². The van der Waals surface area contributed by atoms with Crippen LogP contribution in [0.5, 0.6) is 5.75 Å². The van der Waals surface area contributed by atoms with E-state index in [1.165, 1.54) is 4.57 Å². The van der Waals surface area contributed by atoms with Gasteiger partial charge in [-0.2, -0.15) is 0 Å². The summed E-state index contributed by atoms with van der Waals surface area (Å²) in [6.07, 6.45) is 1.92. The molecule has 1 amide bonds. The van der Waals surface area contributed by atoms with Gasteiger partial charge in [0.2, 0.25) is 0 Å². The van der Waals surface area contributed by atoms with Crippen LogP contribution < -0.4 is 4.74 Å². The number of likely N-dealkylation sites (tertiary alicyclic amines) is 1. The van der Waals surface area contributed by atoms with E-state index in [1.807, 2.05) is 40.7 Å². The summed E-state index contributed by atoms with van der Waals surface area (Å²) < 4.78 is 12.9. The lowest BCUT2D eigenvalue weighted by Gasteiger charge is -2.34. The quantitative estimate of drug-likeness (QED) is 0.775. The van der Waals surface area contributed by atoms with Gasteiger partial charge in [0.1, 0.15) is 17.5 Å². The van der Waals surface area contributed by atoms with Crippen molar-refractivity contribution in [2.24, 2.45) is 0 Å². The highest BCUT2D eigenvalue weighted by atomic mass is 16.6. The third-order valence-electron chi connectivity index (χ3n) is 4.97. The number of ether oxygens (including phenoxy) is 2. The lowest BCUT2D eigenvalue weighted by Crippen LogP contribution is -2.46. The first-order valence-electron chi connectivity index (χ1n) is 10.1. The predicted octanol–water partition coefficient (Wildman–Crippen LogP) is 5.07. The van der Waals surface area contributed by atoms with Crippen LogP contribution in [-0.2, 0) is 4.74 Å². The fourth-order valence-electron chi connectivity index (χ4n) is 3.65. The summed E-state index contributed by atoms with van der Waals surface area (Å²) >= 11 is 0. The van der Waals surface area contributed by atoms with Crippen molar-refractivity contribution in [1.29, 1.82) is 0 Å². The highest BCUT2D eigenvalue weighted by molar-refractivity contribution is 5.92. The summed E-state index contributed by atoms with van der Waals surface area (Å²) in [6, 6.07) is 5.47. The molecule has 2 aromatic rings. The molecule has 29 heavy (non-hydrogen) atoms. The van der Waals surface area contributed by atoms with E-state index in [0.29, 0.717) is 24.4 Å². The Bertz CT molecular complexity index is 910. The Labute approximate surface area is 171 Å². The number of aromatic nitrogens is 1. The molecule has 0 bridgehead atoms. The molecule has 0 saturated carbocycles. The molecule has 158 valence electrons. The Morgan fingerprint density at radius 2 is 1.97 bits per heavy atom. The zero-order valence-corrected chi connectivity index (χ0v) is 17.8. The molecule has 1 saturated heterocycles. The van der Waals surface area contributed by atoms with E-state index in [0.717, 1.165) is 23.8 Å². The molecule has 0 unspecified atom stereocenters. The molecule has 1 atom stereocenters. The molecular formula is C22H30N2O5. The van der Waals surface area contributed by atoms with Crippen molar-refractivity contribution in [3.8, 4) is 5.75 Å². The van der Waals surface area contributed by atoms with Gasteiger partial charge in [-0.15, -0.1) is 0 Å². The topological polar surface area (TPSA) is 81.0 Å². The molecule has 0 spiro atoms. The molecule has 1 aliphatic rings. The number of nitrogens with zero attached hydrogens (tertiary/aromatic N) is 2. The Morgan fingerprint density at radius 3 is 2.59 bits per heavy atom. The second-order valence-corrected chi connectivity index (χ2v) is 8.88. The van der Waals surface area contributed by atoms with Gasteiger partial charge in [0.15, 0.2) is 0 Å². The minimum atomic E-state index is -1.00. The van der Waals surface area contributed by atoms with Crippen molar-refractivity contribution in [1.82, 2.24) is 9.47 Å². The summed E-state index contributed by atoms with van der Waals surface area (Å²) in [4.78, 5) is 25.6. The molecule has 7 nitrogen and oxygen atoms in total. The highest BCUT2D eigenvalue weighted by Crippen LogP contribution is 2.31. The van der Waals surface area contributed by atoms with Crippen molar-refractivity contribution in [2.75, 3.05) is 13.1 Å². The van der Waals surface area contributed by atoms with Gasteiger partial charge in [-0.3, -0.25) is 4.57 Å². The van der Waals surface area contributed by atoms with Crippen LogP contribution in [-0.4, -0.2) is 51.6 Å². The first kappa shape index (κ1) is 21.0. The van der Waals surface area contributed by atoms with Crippen LogP contribution in [0.15, 0.2) is 24.4 Å². The Morgan fingerprint density at radius 1 is 1.24 bits per heavy atom. The lowest BCUT2D eigenvalue weighted by molar-refractivity contribution is 0.00777. The van der Waals surface area contributed by atoms with Crippen molar-refractivity contribution in [2.45, 2.75) is 65.1 Å². The fourth-order valence-corrected chi connectivity index (χ4v) is 3.65.